The number of hydrogen-bond acceptors (Lipinski definition) is 4. The van der Waals surface area contributed by atoms with Crippen LogP contribution in [-0.4, -0.2) is 17.0 Å². The van der Waals surface area contributed by atoms with Gasteiger partial charge in [0, 0.05) is 5.70 Å². The van der Waals surface area contributed by atoms with Crippen LogP contribution in [0.5, 0.6) is 5.19 Å². The molecule has 0 aliphatic heterocycles. The van der Waals surface area contributed by atoms with Crippen molar-refractivity contribution in [3.63, 3.8) is 0 Å². The van der Waals surface area contributed by atoms with Crippen molar-refractivity contribution in [2.45, 2.75) is 46.6 Å². The number of nitrogens with one attached hydrogen (secondary N) is 1. The number of rotatable bonds is 5. The minimum absolute atomic E-state index is 0.0902. The maximum atomic E-state index is 12.6. The fourth-order valence-corrected chi connectivity index (χ4v) is 4.11. The molecule has 0 saturated heterocycles. The van der Waals surface area contributed by atoms with Gasteiger partial charge in [-0.05, 0) is 36.3 Å². The van der Waals surface area contributed by atoms with E-state index in [-0.39, 0.29) is 11.3 Å². The van der Waals surface area contributed by atoms with E-state index in [1.54, 1.807) is 0 Å². The van der Waals surface area contributed by atoms with Crippen LogP contribution in [0.25, 0.3) is 10.2 Å². The van der Waals surface area contributed by atoms with Crippen molar-refractivity contribution in [3.8, 4) is 5.19 Å². The van der Waals surface area contributed by atoms with Gasteiger partial charge in [-0.3, -0.25) is 4.79 Å². The van der Waals surface area contributed by atoms with Gasteiger partial charge in [0.15, 0.2) is 6.10 Å². The summed E-state index contributed by atoms with van der Waals surface area (Å²) in [6.45, 7) is 8.49. The molecule has 128 valence electrons. The second kappa shape index (κ2) is 6.55. The molecule has 24 heavy (non-hydrogen) atoms. The molecule has 2 atom stereocenters. The first-order chi connectivity index (χ1) is 11.4. The Labute approximate surface area is 146 Å². The number of benzene rings is 1. The van der Waals surface area contributed by atoms with Crippen molar-refractivity contribution in [1.82, 2.24) is 10.3 Å². The molecule has 0 radical (unpaired) electrons. The number of carbonyl (C=O) groups excluding carboxylic acids is 1. The monoisotopic (exact) mass is 344 g/mol. The largest absolute Gasteiger partial charge is 0.457 e. The van der Waals surface area contributed by atoms with E-state index in [4.69, 9.17) is 4.74 Å². The molecule has 1 aromatic heterocycles. The molecule has 2 aromatic rings. The highest BCUT2D eigenvalue weighted by Crippen LogP contribution is 2.38. The normalized spacial score (nSPS) is 20.7. The third kappa shape index (κ3) is 3.61. The second-order valence-corrected chi connectivity index (χ2v) is 8.14. The number of hydrogen-bond donors (Lipinski definition) is 1. The van der Waals surface area contributed by atoms with E-state index < -0.39 is 6.10 Å². The topological polar surface area (TPSA) is 51.2 Å². The first-order valence-electron chi connectivity index (χ1n) is 8.44. The number of fused-ring (bicyclic) bond motifs is 1. The summed E-state index contributed by atoms with van der Waals surface area (Å²) in [5.41, 5.74) is 2.05. The fourth-order valence-electron chi connectivity index (χ4n) is 3.25. The van der Waals surface area contributed by atoms with Crippen molar-refractivity contribution in [1.29, 1.82) is 0 Å². The van der Waals surface area contributed by atoms with Gasteiger partial charge < -0.3 is 10.1 Å². The molecule has 1 amide bonds. The highest BCUT2D eigenvalue weighted by molar-refractivity contribution is 7.20. The molecule has 4 nitrogen and oxygen atoms in total. The molecule has 0 saturated carbocycles. The Balaban J connectivity index is 1.70. The number of thiazole rings is 1. The molecule has 0 spiro atoms. The molecule has 0 bridgehead atoms. The third-order valence-corrected chi connectivity index (χ3v) is 5.28. The molecular formula is C19H24N2O2S. The van der Waals surface area contributed by atoms with Gasteiger partial charge in [-0.25, -0.2) is 4.98 Å². The summed E-state index contributed by atoms with van der Waals surface area (Å²) in [6, 6.07) is 7.89. The van der Waals surface area contributed by atoms with Gasteiger partial charge >= 0.3 is 0 Å². The number of amides is 1. The van der Waals surface area contributed by atoms with Crippen molar-refractivity contribution < 1.29 is 9.53 Å². The zero-order valence-electron chi connectivity index (χ0n) is 14.6. The Morgan fingerprint density at radius 1 is 1.46 bits per heavy atom. The summed E-state index contributed by atoms with van der Waals surface area (Å²) in [5.74, 6) is 0.275. The first kappa shape index (κ1) is 17.0. The molecule has 5 heteroatoms. The summed E-state index contributed by atoms with van der Waals surface area (Å²) < 4.78 is 6.94. The number of para-hydroxylation sites is 1. The Kier molecular flexibility index (Phi) is 4.63. The van der Waals surface area contributed by atoms with E-state index in [2.05, 4.69) is 37.1 Å². The molecule has 1 aliphatic carbocycles. The highest BCUT2D eigenvalue weighted by Gasteiger charge is 2.31. The van der Waals surface area contributed by atoms with Crippen LogP contribution in [0.15, 0.2) is 36.0 Å². The Morgan fingerprint density at radius 3 is 2.83 bits per heavy atom. The van der Waals surface area contributed by atoms with Gasteiger partial charge in [0.1, 0.15) is 0 Å². The Hall–Kier alpha value is -1.88. The van der Waals surface area contributed by atoms with E-state index in [1.165, 1.54) is 11.3 Å². The van der Waals surface area contributed by atoms with Crippen LogP contribution in [-0.2, 0) is 4.79 Å². The molecule has 2 unspecified atom stereocenters. The number of carbonyl (C=O) groups is 1. The quantitative estimate of drug-likeness (QED) is 0.867. The van der Waals surface area contributed by atoms with E-state index in [0.29, 0.717) is 17.5 Å². The SMILES string of the molecule is CCC(Oc1nc2ccccc2s1)C(=O)NC1=CC(C)(C)CC1C. The average Bonchev–Trinajstić information content (AvgIpc) is 3.04. The van der Waals surface area contributed by atoms with Gasteiger partial charge in [-0.2, -0.15) is 0 Å². The Morgan fingerprint density at radius 2 is 2.21 bits per heavy atom. The number of aromatic nitrogens is 1. The van der Waals surface area contributed by atoms with E-state index in [1.807, 2.05) is 31.2 Å². The Bertz CT molecular complexity index is 746. The van der Waals surface area contributed by atoms with Crippen LogP contribution < -0.4 is 10.1 Å². The standard InChI is InChI=1S/C19H24N2O2S/c1-5-15(17(22)20-14-11-19(3,4)10-12(14)2)23-18-21-13-8-6-7-9-16(13)24-18/h6-9,11-12,15H,5,10H2,1-4H3,(H,20,22). The van der Waals surface area contributed by atoms with Crippen molar-refractivity contribution in [3.05, 3.63) is 36.0 Å². The zero-order chi connectivity index (χ0) is 17.3. The van der Waals surface area contributed by atoms with Crippen LogP contribution in [0.3, 0.4) is 0 Å². The summed E-state index contributed by atoms with van der Waals surface area (Å²) >= 11 is 1.47. The van der Waals surface area contributed by atoms with Crippen molar-refractivity contribution >= 4 is 27.5 Å². The number of allylic oxidation sites excluding steroid dienone is 2. The summed E-state index contributed by atoms with van der Waals surface area (Å²) in [6.07, 6.45) is 3.30. The maximum absolute atomic E-state index is 12.6. The van der Waals surface area contributed by atoms with E-state index >= 15 is 0 Å². The molecule has 1 heterocycles. The second-order valence-electron chi connectivity index (χ2n) is 7.14. The lowest BCUT2D eigenvalue weighted by Crippen LogP contribution is -2.38. The van der Waals surface area contributed by atoms with Crippen molar-refractivity contribution in [2.24, 2.45) is 11.3 Å². The van der Waals surface area contributed by atoms with Gasteiger partial charge in [0.2, 0.25) is 0 Å². The first-order valence-corrected chi connectivity index (χ1v) is 9.25. The van der Waals surface area contributed by atoms with Crippen molar-refractivity contribution in [2.75, 3.05) is 0 Å². The van der Waals surface area contributed by atoms with Gasteiger partial charge in [-0.1, -0.05) is 57.2 Å². The van der Waals surface area contributed by atoms with Gasteiger partial charge in [-0.15, -0.1) is 0 Å². The number of ether oxygens (including phenoxy) is 1. The van der Waals surface area contributed by atoms with Crippen LogP contribution >= 0.6 is 11.3 Å². The average molecular weight is 344 g/mol. The smallest absolute Gasteiger partial charge is 0.275 e. The molecule has 3 rings (SSSR count). The maximum Gasteiger partial charge on any atom is 0.275 e. The van der Waals surface area contributed by atoms with Gasteiger partial charge in [0.25, 0.3) is 11.1 Å². The van der Waals surface area contributed by atoms with Crippen LogP contribution in [0.4, 0.5) is 0 Å². The summed E-state index contributed by atoms with van der Waals surface area (Å²) in [7, 11) is 0. The van der Waals surface area contributed by atoms with E-state index in [0.717, 1.165) is 22.3 Å². The third-order valence-electron chi connectivity index (χ3n) is 4.36. The number of nitrogens with zero attached hydrogens (tertiary/aromatic N) is 1. The zero-order valence-corrected chi connectivity index (χ0v) is 15.4. The molecule has 1 N–H and O–H groups in total. The predicted octanol–water partition coefficient (Wildman–Crippen LogP) is 4.52. The summed E-state index contributed by atoms with van der Waals surface area (Å²) in [5, 5.41) is 3.61. The fraction of sp³-hybridized carbons (Fsp3) is 0.474. The predicted molar refractivity (Wildman–Crippen MR) is 98.1 cm³/mol. The lowest BCUT2D eigenvalue weighted by atomic mass is 9.91. The van der Waals surface area contributed by atoms with Gasteiger partial charge in [0.05, 0.1) is 10.2 Å². The van der Waals surface area contributed by atoms with E-state index in [9.17, 15) is 4.79 Å². The molecule has 1 aromatic carbocycles. The lowest BCUT2D eigenvalue weighted by Gasteiger charge is -2.17. The molecular weight excluding hydrogens is 320 g/mol. The van der Waals surface area contributed by atoms with Crippen LogP contribution in [0, 0.1) is 11.3 Å². The molecule has 1 aliphatic rings. The highest BCUT2D eigenvalue weighted by atomic mass is 32.1. The summed E-state index contributed by atoms with van der Waals surface area (Å²) in [4.78, 5) is 17.1. The van der Waals surface area contributed by atoms with Crippen LogP contribution in [0.2, 0.25) is 0 Å². The minimum Gasteiger partial charge on any atom is -0.457 e. The molecule has 0 fully saturated rings. The van der Waals surface area contributed by atoms with Crippen LogP contribution in [0.1, 0.15) is 40.5 Å². The lowest BCUT2D eigenvalue weighted by molar-refractivity contribution is -0.127. The minimum atomic E-state index is -0.526.